The van der Waals surface area contributed by atoms with E-state index >= 15 is 0 Å². The van der Waals surface area contributed by atoms with E-state index in [0.717, 1.165) is 18.7 Å². The van der Waals surface area contributed by atoms with Gasteiger partial charge in [-0.3, -0.25) is 9.78 Å². The standard InChI is InChI=1S/C17H23N5O/c1-5-22(6-2)15-9-7-14(8-10-15)11-18-21-17-19-13(4)12(3)16(23)20-17/h7-11H,5-6H2,1-4H3,(H2,19,20,21,23)/b18-11-. The smallest absolute Gasteiger partial charge is 0.255 e. The van der Waals surface area contributed by atoms with Crippen LogP contribution in [0.3, 0.4) is 0 Å². The molecule has 0 radical (unpaired) electrons. The predicted molar refractivity (Wildman–Crippen MR) is 95.6 cm³/mol. The maximum Gasteiger partial charge on any atom is 0.255 e. The van der Waals surface area contributed by atoms with Crippen molar-refractivity contribution in [1.82, 2.24) is 9.97 Å². The number of nitrogens with one attached hydrogen (secondary N) is 2. The van der Waals surface area contributed by atoms with Crippen LogP contribution in [0.2, 0.25) is 0 Å². The Kier molecular flexibility index (Phi) is 5.51. The van der Waals surface area contributed by atoms with Gasteiger partial charge in [-0.2, -0.15) is 5.10 Å². The van der Waals surface area contributed by atoms with Crippen molar-refractivity contribution in [2.75, 3.05) is 23.4 Å². The summed E-state index contributed by atoms with van der Waals surface area (Å²) in [6.45, 7) is 9.78. The molecule has 1 heterocycles. The minimum absolute atomic E-state index is 0.154. The number of aryl methyl sites for hydroxylation is 1. The van der Waals surface area contributed by atoms with Crippen LogP contribution in [0.5, 0.6) is 0 Å². The summed E-state index contributed by atoms with van der Waals surface area (Å²) in [6, 6.07) is 8.17. The molecule has 2 N–H and O–H groups in total. The second kappa shape index (κ2) is 7.58. The second-order valence-corrected chi connectivity index (χ2v) is 5.26. The van der Waals surface area contributed by atoms with Gasteiger partial charge in [-0.05, 0) is 45.4 Å². The van der Waals surface area contributed by atoms with Crippen molar-refractivity contribution in [3.05, 3.63) is 51.4 Å². The fourth-order valence-corrected chi connectivity index (χ4v) is 2.23. The lowest BCUT2D eigenvalue weighted by atomic mass is 10.2. The first kappa shape index (κ1) is 16.7. The molecular formula is C17H23N5O. The molecular weight excluding hydrogens is 290 g/mol. The molecule has 23 heavy (non-hydrogen) atoms. The number of nitrogens with zero attached hydrogens (tertiary/aromatic N) is 3. The van der Waals surface area contributed by atoms with Gasteiger partial charge < -0.3 is 4.90 Å². The number of hydrazone groups is 1. The lowest BCUT2D eigenvalue weighted by Crippen LogP contribution is -2.21. The van der Waals surface area contributed by atoms with E-state index in [1.807, 2.05) is 12.1 Å². The molecule has 1 aromatic heterocycles. The maximum atomic E-state index is 11.7. The zero-order valence-electron chi connectivity index (χ0n) is 14.1. The average molecular weight is 313 g/mol. The Balaban J connectivity index is 2.05. The summed E-state index contributed by atoms with van der Waals surface area (Å²) in [5.74, 6) is 0.342. The number of aromatic amines is 1. The number of hydrogen-bond donors (Lipinski definition) is 2. The topological polar surface area (TPSA) is 73.4 Å². The predicted octanol–water partition coefficient (Wildman–Crippen LogP) is 2.68. The third-order valence-corrected chi connectivity index (χ3v) is 3.80. The van der Waals surface area contributed by atoms with Crippen molar-refractivity contribution in [3.63, 3.8) is 0 Å². The highest BCUT2D eigenvalue weighted by molar-refractivity contribution is 5.80. The van der Waals surface area contributed by atoms with Crippen LogP contribution < -0.4 is 15.9 Å². The molecule has 2 rings (SSSR count). The molecule has 0 aliphatic heterocycles. The summed E-state index contributed by atoms with van der Waals surface area (Å²) in [5.41, 5.74) is 6.07. The number of anilines is 2. The van der Waals surface area contributed by atoms with Crippen LogP contribution in [0.25, 0.3) is 0 Å². The largest absolute Gasteiger partial charge is 0.372 e. The molecule has 122 valence electrons. The highest BCUT2D eigenvalue weighted by Crippen LogP contribution is 2.14. The lowest BCUT2D eigenvalue weighted by Gasteiger charge is -2.20. The van der Waals surface area contributed by atoms with E-state index in [4.69, 9.17) is 0 Å². The van der Waals surface area contributed by atoms with E-state index in [0.29, 0.717) is 17.2 Å². The van der Waals surface area contributed by atoms with Gasteiger partial charge in [0.1, 0.15) is 0 Å². The Labute approximate surface area is 136 Å². The Hall–Kier alpha value is -2.63. The third kappa shape index (κ3) is 4.18. The van der Waals surface area contributed by atoms with Crippen molar-refractivity contribution in [3.8, 4) is 0 Å². The van der Waals surface area contributed by atoms with Crippen molar-refractivity contribution < 1.29 is 0 Å². The van der Waals surface area contributed by atoms with Crippen molar-refractivity contribution in [1.29, 1.82) is 0 Å². The minimum Gasteiger partial charge on any atom is -0.372 e. The van der Waals surface area contributed by atoms with E-state index in [-0.39, 0.29) is 5.56 Å². The number of aromatic nitrogens is 2. The van der Waals surface area contributed by atoms with Crippen LogP contribution in [0.1, 0.15) is 30.7 Å². The van der Waals surface area contributed by atoms with Crippen LogP contribution in [0.15, 0.2) is 34.2 Å². The number of benzene rings is 1. The molecule has 0 bridgehead atoms. The van der Waals surface area contributed by atoms with Gasteiger partial charge >= 0.3 is 0 Å². The van der Waals surface area contributed by atoms with Crippen LogP contribution >= 0.6 is 0 Å². The lowest BCUT2D eigenvalue weighted by molar-refractivity contribution is 0.866. The Morgan fingerprint density at radius 1 is 1.22 bits per heavy atom. The summed E-state index contributed by atoms with van der Waals surface area (Å²) in [4.78, 5) is 20.8. The van der Waals surface area contributed by atoms with E-state index in [1.165, 1.54) is 5.69 Å². The molecule has 0 amide bonds. The van der Waals surface area contributed by atoms with E-state index in [1.54, 1.807) is 20.1 Å². The molecule has 0 fully saturated rings. The quantitative estimate of drug-likeness (QED) is 0.635. The normalized spacial score (nSPS) is 11.0. The van der Waals surface area contributed by atoms with Crippen molar-refractivity contribution >= 4 is 17.9 Å². The molecule has 6 heteroatoms. The first-order valence-electron chi connectivity index (χ1n) is 7.76. The van der Waals surface area contributed by atoms with Gasteiger partial charge in [0.15, 0.2) is 0 Å². The highest BCUT2D eigenvalue weighted by Gasteiger charge is 2.02. The Bertz CT molecular complexity index is 730. The summed E-state index contributed by atoms with van der Waals surface area (Å²) < 4.78 is 0. The number of hydrogen-bond acceptors (Lipinski definition) is 5. The maximum absolute atomic E-state index is 11.7. The van der Waals surface area contributed by atoms with Gasteiger partial charge in [-0.25, -0.2) is 10.4 Å². The average Bonchev–Trinajstić information content (AvgIpc) is 2.55. The summed E-state index contributed by atoms with van der Waals surface area (Å²) >= 11 is 0. The Morgan fingerprint density at radius 2 is 1.87 bits per heavy atom. The van der Waals surface area contributed by atoms with Gasteiger partial charge in [0.2, 0.25) is 5.95 Å². The summed E-state index contributed by atoms with van der Waals surface area (Å²) in [5, 5.41) is 4.12. The molecule has 0 aliphatic carbocycles. The zero-order chi connectivity index (χ0) is 16.8. The van der Waals surface area contributed by atoms with E-state index in [9.17, 15) is 4.79 Å². The molecule has 0 unspecified atom stereocenters. The van der Waals surface area contributed by atoms with Crippen LogP contribution in [0, 0.1) is 13.8 Å². The van der Waals surface area contributed by atoms with Crippen LogP contribution in [0.4, 0.5) is 11.6 Å². The van der Waals surface area contributed by atoms with Gasteiger partial charge in [0, 0.05) is 30.0 Å². The van der Waals surface area contributed by atoms with Gasteiger partial charge in [0.05, 0.1) is 6.21 Å². The minimum atomic E-state index is -0.154. The highest BCUT2D eigenvalue weighted by atomic mass is 16.1. The monoisotopic (exact) mass is 313 g/mol. The number of H-pyrrole nitrogens is 1. The molecule has 0 spiro atoms. The van der Waals surface area contributed by atoms with Crippen molar-refractivity contribution in [2.45, 2.75) is 27.7 Å². The molecule has 0 saturated carbocycles. The molecule has 6 nitrogen and oxygen atoms in total. The molecule has 0 saturated heterocycles. The van der Waals surface area contributed by atoms with Crippen LogP contribution in [-0.2, 0) is 0 Å². The van der Waals surface area contributed by atoms with Gasteiger partial charge in [-0.1, -0.05) is 12.1 Å². The van der Waals surface area contributed by atoms with E-state index < -0.39 is 0 Å². The molecule has 1 aromatic carbocycles. The third-order valence-electron chi connectivity index (χ3n) is 3.80. The molecule has 0 atom stereocenters. The van der Waals surface area contributed by atoms with Gasteiger partial charge in [0.25, 0.3) is 5.56 Å². The fraction of sp³-hybridized carbons (Fsp3) is 0.353. The zero-order valence-corrected chi connectivity index (χ0v) is 14.1. The van der Waals surface area contributed by atoms with E-state index in [2.05, 4.69) is 51.4 Å². The second-order valence-electron chi connectivity index (χ2n) is 5.26. The number of rotatable bonds is 6. The summed E-state index contributed by atoms with van der Waals surface area (Å²) in [7, 11) is 0. The summed E-state index contributed by atoms with van der Waals surface area (Å²) in [6.07, 6.45) is 1.70. The first-order chi connectivity index (χ1) is 11.0. The molecule has 2 aromatic rings. The van der Waals surface area contributed by atoms with Gasteiger partial charge in [-0.15, -0.1) is 0 Å². The van der Waals surface area contributed by atoms with Crippen LogP contribution in [-0.4, -0.2) is 29.3 Å². The first-order valence-corrected chi connectivity index (χ1v) is 7.76. The Morgan fingerprint density at radius 3 is 2.43 bits per heavy atom. The SMILES string of the molecule is CCN(CC)c1ccc(/C=N\Nc2nc(C)c(C)c(=O)[nH]2)cc1. The fourth-order valence-electron chi connectivity index (χ4n) is 2.23. The molecule has 0 aliphatic rings. The van der Waals surface area contributed by atoms with Crippen molar-refractivity contribution in [2.24, 2.45) is 5.10 Å².